The molecular formula is C15H19F3N2O. The summed E-state index contributed by atoms with van der Waals surface area (Å²) in [7, 11) is 0. The lowest BCUT2D eigenvalue weighted by atomic mass is 10.1. The number of alkyl halides is 3. The molecule has 1 aromatic carbocycles. The average Bonchev–Trinajstić information content (AvgIpc) is 2.80. The Morgan fingerprint density at radius 1 is 1.33 bits per heavy atom. The summed E-state index contributed by atoms with van der Waals surface area (Å²) in [6.45, 7) is 4.23. The summed E-state index contributed by atoms with van der Waals surface area (Å²) in [6.07, 6.45) is -2.87. The monoisotopic (exact) mass is 300 g/mol. The van der Waals surface area contributed by atoms with Crippen LogP contribution in [-0.4, -0.2) is 23.4 Å². The average molecular weight is 300 g/mol. The van der Waals surface area contributed by atoms with Gasteiger partial charge < -0.3 is 4.90 Å². The van der Waals surface area contributed by atoms with Crippen molar-refractivity contribution in [2.75, 3.05) is 6.54 Å². The van der Waals surface area contributed by atoms with Crippen molar-refractivity contribution in [3.63, 3.8) is 0 Å². The molecule has 116 valence electrons. The largest absolute Gasteiger partial charge is 0.416 e. The first-order valence-electron chi connectivity index (χ1n) is 7.06. The van der Waals surface area contributed by atoms with Crippen LogP contribution in [0.4, 0.5) is 13.2 Å². The van der Waals surface area contributed by atoms with Crippen molar-refractivity contribution in [2.24, 2.45) is 0 Å². The number of nitrogens with zero attached hydrogens (tertiary/aromatic N) is 1. The second-order valence-corrected chi connectivity index (χ2v) is 5.34. The van der Waals surface area contributed by atoms with Crippen LogP contribution in [0.1, 0.15) is 44.0 Å². The maximum absolute atomic E-state index is 12.6. The number of carbonyl (C=O) groups is 1. The fraction of sp³-hybridized carbons (Fsp3) is 0.533. The fourth-order valence-corrected chi connectivity index (χ4v) is 2.71. The molecule has 1 aromatic rings. The molecule has 0 saturated carbocycles. The van der Waals surface area contributed by atoms with Gasteiger partial charge in [0.05, 0.1) is 12.1 Å². The van der Waals surface area contributed by atoms with Crippen LogP contribution in [0.3, 0.4) is 0 Å². The van der Waals surface area contributed by atoms with Crippen LogP contribution < -0.4 is 5.32 Å². The first-order chi connectivity index (χ1) is 9.84. The minimum atomic E-state index is -4.34. The predicted octanol–water partition coefficient (Wildman–Crippen LogP) is 3.32. The number of amides is 1. The molecule has 1 saturated heterocycles. The Bertz CT molecular complexity index is 499. The van der Waals surface area contributed by atoms with Crippen molar-refractivity contribution in [3.8, 4) is 0 Å². The Labute approximate surface area is 122 Å². The van der Waals surface area contributed by atoms with Gasteiger partial charge in [-0.05, 0) is 31.0 Å². The van der Waals surface area contributed by atoms with E-state index in [0.717, 1.165) is 25.0 Å². The first-order valence-corrected chi connectivity index (χ1v) is 7.06. The van der Waals surface area contributed by atoms with Gasteiger partial charge in [0.1, 0.15) is 6.17 Å². The van der Waals surface area contributed by atoms with Gasteiger partial charge in [-0.25, -0.2) is 0 Å². The molecule has 1 aliphatic heterocycles. The van der Waals surface area contributed by atoms with Crippen LogP contribution in [0.25, 0.3) is 0 Å². The van der Waals surface area contributed by atoms with E-state index in [1.54, 1.807) is 4.90 Å². The van der Waals surface area contributed by atoms with Gasteiger partial charge in [-0.1, -0.05) is 25.5 Å². The SMILES string of the molecule is CCCC(C)N1C(=O)CNC1c1ccc(C(F)(F)F)cc1. The number of hydrogen-bond donors (Lipinski definition) is 1. The van der Waals surface area contributed by atoms with Crippen molar-refractivity contribution < 1.29 is 18.0 Å². The van der Waals surface area contributed by atoms with Crippen LogP contribution in [0.15, 0.2) is 24.3 Å². The quantitative estimate of drug-likeness (QED) is 0.925. The summed E-state index contributed by atoms with van der Waals surface area (Å²) in [5, 5.41) is 3.07. The number of hydrogen-bond acceptors (Lipinski definition) is 2. The Kier molecular flexibility index (Phi) is 4.56. The molecule has 0 aliphatic carbocycles. The number of carbonyl (C=O) groups excluding carboxylic acids is 1. The molecule has 0 bridgehead atoms. The Balaban J connectivity index is 2.22. The van der Waals surface area contributed by atoms with Gasteiger partial charge in [-0.3, -0.25) is 10.1 Å². The van der Waals surface area contributed by atoms with Gasteiger partial charge in [0.2, 0.25) is 5.91 Å². The minimum Gasteiger partial charge on any atom is -0.319 e. The van der Waals surface area contributed by atoms with Gasteiger partial charge in [0.25, 0.3) is 0 Å². The van der Waals surface area contributed by atoms with Crippen molar-refractivity contribution in [1.82, 2.24) is 10.2 Å². The van der Waals surface area contributed by atoms with E-state index in [-0.39, 0.29) is 24.7 Å². The maximum atomic E-state index is 12.6. The van der Waals surface area contributed by atoms with E-state index < -0.39 is 11.7 Å². The zero-order valence-corrected chi connectivity index (χ0v) is 12.1. The Morgan fingerprint density at radius 3 is 2.48 bits per heavy atom. The summed E-state index contributed by atoms with van der Waals surface area (Å²) >= 11 is 0. The smallest absolute Gasteiger partial charge is 0.319 e. The zero-order valence-electron chi connectivity index (χ0n) is 12.1. The highest BCUT2D eigenvalue weighted by atomic mass is 19.4. The molecule has 21 heavy (non-hydrogen) atoms. The molecule has 2 atom stereocenters. The normalized spacial score (nSPS) is 20.9. The molecule has 2 rings (SSSR count). The van der Waals surface area contributed by atoms with Crippen molar-refractivity contribution >= 4 is 5.91 Å². The third-order valence-electron chi connectivity index (χ3n) is 3.75. The Hall–Kier alpha value is -1.56. The molecule has 3 nitrogen and oxygen atoms in total. The highest BCUT2D eigenvalue weighted by molar-refractivity contribution is 5.81. The van der Waals surface area contributed by atoms with Crippen LogP contribution in [0, 0.1) is 0 Å². The lowest BCUT2D eigenvalue weighted by molar-refractivity contribution is -0.137. The topological polar surface area (TPSA) is 32.3 Å². The van der Waals surface area contributed by atoms with E-state index in [9.17, 15) is 18.0 Å². The predicted molar refractivity (Wildman–Crippen MR) is 73.4 cm³/mol. The number of halogens is 3. The van der Waals surface area contributed by atoms with Crippen molar-refractivity contribution in [2.45, 2.75) is 45.1 Å². The second kappa shape index (κ2) is 6.05. The molecule has 6 heteroatoms. The second-order valence-electron chi connectivity index (χ2n) is 5.34. The third kappa shape index (κ3) is 3.37. The lowest BCUT2D eigenvalue weighted by Crippen LogP contribution is -2.37. The van der Waals surface area contributed by atoms with E-state index in [2.05, 4.69) is 5.32 Å². The van der Waals surface area contributed by atoms with Crippen LogP contribution in [0.5, 0.6) is 0 Å². The number of nitrogens with one attached hydrogen (secondary N) is 1. The van der Waals surface area contributed by atoms with E-state index in [0.29, 0.717) is 5.56 Å². The molecule has 2 unspecified atom stereocenters. The Morgan fingerprint density at radius 2 is 1.95 bits per heavy atom. The number of rotatable bonds is 4. The summed E-state index contributed by atoms with van der Waals surface area (Å²) in [4.78, 5) is 13.7. The summed E-state index contributed by atoms with van der Waals surface area (Å²) in [6, 6.07) is 5.05. The molecule has 1 fully saturated rings. The molecule has 1 amide bonds. The lowest BCUT2D eigenvalue weighted by Gasteiger charge is -2.30. The van der Waals surface area contributed by atoms with Gasteiger partial charge >= 0.3 is 6.18 Å². The standard InChI is InChI=1S/C15H19F3N2O/c1-3-4-10(2)20-13(21)9-19-14(20)11-5-7-12(8-6-11)15(16,17)18/h5-8,10,14,19H,3-4,9H2,1-2H3. The van der Waals surface area contributed by atoms with Gasteiger partial charge in [-0.2, -0.15) is 13.2 Å². The molecule has 0 spiro atoms. The first kappa shape index (κ1) is 15.8. The molecule has 1 N–H and O–H groups in total. The van der Waals surface area contributed by atoms with Crippen molar-refractivity contribution in [1.29, 1.82) is 0 Å². The summed E-state index contributed by atoms with van der Waals surface area (Å²) in [5.41, 5.74) is 0.000494. The highest BCUT2D eigenvalue weighted by Crippen LogP contribution is 2.32. The molecule has 0 aromatic heterocycles. The van der Waals surface area contributed by atoms with E-state index in [1.165, 1.54) is 12.1 Å². The maximum Gasteiger partial charge on any atom is 0.416 e. The van der Waals surface area contributed by atoms with E-state index >= 15 is 0 Å². The zero-order chi connectivity index (χ0) is 15.6. The van der Waals surface area contributed by atoms with Gasteiger partial charge in [-0.15, -0.1) is 0 Å². The fourth-order valence-electron chi connectivity index (χ4n) is 2.71. The molecular weight excluding hydrogens is 281 g/mol. The number of benzene rings is 1. The van der Waals surface area contributed by atoms with Crippen LogP contribution >= 0.6 is 0 Å². The van der Waals surface area contributed by atoms with E-state index in [1.807, 2.05) is 13.8 Å². The van der Waals surface area contributed by atoms with Gasteiger partial charge in [0.15, 0.2) is 0 Å². The molecule has 0 radical (unpaired) electrons. The van der Waals surface area contributed by atoms with Crippen LogP contribution in [0.2, 0.25) is 0 Å². The van der Waals surface area contributed by atoms with Crippen molar-refractivity contribution in [3.05, 3.63) is 35.4 Å². The van der Waals surface area contributed by atoms with Gasteiger partial charge in [0, 0.05) is 6.04 Å². The molecule has 1 heterocycles. The third-order valence-corrected chi connectivity index (χ3v) is 3.75. The minimum absolute atomic E-state index is 0.0131. The van der Waals surface area contributed by atoms with E-state index in [4.69, 9.17) is 0 Å². The van der Waals surface area contributed by atoms with Crippen LogP contribution in [-0.2, 0) is 11.0 Å². The highest BCUT2D eigenvalue weighted by Gasteiger charge is 2.35. The molecule has 1 aliphatic rings. The summed E-state index contributed by atoms with van der Waals surface area (Å²) < 4.78 is 37.8. The summed E-state index contributed by atoms with van der Waals surface area (Å²) in [5.74, 6) is -0.0131.